The molecule has 0 amide bonds. The van der Waals surface area contributed by atoms with E-state index in [0.29, 0.717) is 18.9 Å². The van der Waals surface area contributed by atoms with Crippen LogP contribution in [0.4, 0.5) is 0 Å². The zero-order valence-corrected chi connectivity index (χ0v) is 8.04. The third kappa shape index (κ3) is 3.57. The Kier molecular flexibility index (Phi) is 3.93. The van der Waals surface area contributed by atoms with E-state index in [2.05, 4.69) is 4.74 Å². The number of carbonyl (C=O) groups is 2. The number of carbonyl (C=O) groups excluding carboxylic acids is 2. The summed E-state index contributed by atoms with van der Waals surface area (Å²) in [5.41, 5.74) is 0. The number of hydrogen-bond acceptors (Lipinski definition) is 3. The van der Waals surface area contributed by atoms with E-state index < -0.39 is 0 Å². The molecule has 0 saturated heterocycles. The van der Waals surface area contributed by atoms with Crippen LogP contribution < -0.4 is 0 Å². The van der Waals surface area contributed by atoms with Gasteiger partial charge in [-0.2, -0.15) is 0 Å². The van der Waals surface area contributed by atoms with E-state index in [9.17, 15) is 9.59 Å². The lowest BCUT2D eigenvalue weighted by Gasteiger charge is -2.24. The molecule has 1 aliphatic carbocycles. The SMILES string of the molecule is CCOC(=O)CC(=O)CC1CCC1. The van der Waals surface area contributed by atoms with Gasteiger partial charge in [-0.25, -0.2) is 0 Å². The van der Waals surface area contributed by atoms with E-state index in [1.807, 2.05) is 0 Å². The molecule has 0 aliphatic heterocycles. The van der Waals surface area contributed by atoms with Crippen LogP contribution in [0.3, 0.4) is 0 Å². The summed E-state index contributed by atoms with van der Waals surface area (Å²) >= 11 is 0. The smallest absolute Gasteiger partial charge is 0.313 e. The van der Waals surface area contributed by atoms with Crippen LogP contribution in [0, 0.1) is 5.92 Å². The molecule has 1 fully saturated rings. The Bertz CT molecular complexity index is 194. The largest absolute Gasteiger partial charge is 0.466 e. The standard InChI is InChI=1S/C10H16O3/c1-2-13-10(12)7-9(11)6-8-4-3-5-8/h8H,2-7H2,1H3. The van der Waals surface area contributed by atoms with Crippen LogP contribution in [-0.2, 0) is 14.3 Å². The molecule has 3 nitrogen and oxygen atoms in total. The molecule has 74 valence electrons. The molecule has 1 aliphatic rings. The summed E-state index contributed by atoms with van der Waals surface area (Å²) in [7, 11) is 0. The molecule has 0 aromatic carbocycles. The number of Topliss-reactive ketones (excluding diaryl/α,β-unsaturated/α-hetero) is 1. The van der Waals surface area contributed by atoms with Crippen LogP contribution in [0.25, 0.3) is 0 Å². The molecule has 13 heavy (non-hydrogen) atoms. The van der Waals surface area contributed by atoms with E-state index >= 15 is 0 Å². The molecular formula is C10H16O3. The summed E-state index contributed by atoms with van der Waals surface area (Å²) in [5, 5.41) is 0. The highest BCUT2D eigenvalue weighted by molar-refractivity contribution is 5.95. The Labute approximate surface area is 78.5 Å². The summed E-state index contributed by atoms with van der Waals surface area (Å²) < 4.78 is 4.69. The van der Waals surface area contributed by atoms with Crippen LogP contribution in [-0.4, -0.2) is 18.4 Å². The first-order valence-electron chi connectivity index (χ1n) is 4.89. The average molecular weight is 184 g/mol. The number of rotatable bonds is 5. The van der Waals surface area contributed by atoms with Gasteiger partial charge in [0.15, 0.2) is 0 Å². The van der Waals surface area contributed by atoms with E-state index in [4.69, 9.17) is 0 Å². The van der Waals surface area contributed by atoms with E-state index in [-0.39, 0.29) is 18.2 Å². The summed E-state index contributed by atoms with van der Waals surface area (Å²) in [6.07, 6.45) is 4.06. The molecule has 0 spiro atoms. The molecule has 0 radical (unpaired) electrons. The van der Waals surface area contributed by atoms with Crippen molar-refractivity contribution in [2.45, 2.75) is 39.0 Å². The number of ether oxygens (including phenoxy) is 1. The maximum absolute atomic E-state index is 11.2. The molecule has 0 unspecified atom stereocenters. The van der Waals surface area contributed by atoms with Crippen LogP contribution >= 0.6 is 0 Å². The molecule has 0 bridgehead atoms. The molecular weight excluding hydrogens is 168 g/mol. The van der Waals surface area contributed by atoms with Gasteiger partial charge in [-0.05, 0) is 12.8 Å². The number of esters is 1. The topological polar surface area (TPSA) is 43.4 Å². The zero-order valence-electron chi connectivity index (χ0n) is 8.04. The third-order valence-electron chi connectivity index (χ3n) is 2.39. The second-order valence-electron chi connectivity index (χ2n) is 3.52. The van der Waals surface area contributed by atoms with Crippen molar-refractivity contribution < 1.29 is 14.3 Å². The highest BCUT2D eigenvalue weighted by Crippen LogP contribution is 2.29. The van der Waals surface area contributed by atoms with Crippen molar-refractivity contribution in [2.24, 2.45) is 5.92 Å². The van der Waals surface area contributed by atoms with Gasteiger partial charge in [-0.15, -0.1) is 0 Å². The molecule has 3 heteroatoms. The van der Waals surface area contributed by atoms with E-state index in [0.717, 1.165) is 12.8 Å². The highest BCUT2D eigenvalue weighted by atomic mass is 16.5. The first kappa shape index (κ1) is 10.2. The molecule has 0 aromatic heterocycles. The monoisotopic (exact) mass is 184 g/mol. The highest BCUT2D eigenvalue weighted by Gasteiger charge is 2.21. The summed E-state index contributed by atoms with van der Waals surface area (Å²) in [6, 6.07) is 0. The van der Waals surface area contributed by atoms with Gasteiger partial charge in [0.2, 0.25) is 0 Å². The Morgan fingerprint density at radius 3 is 2.54 bits per heavy atom. The molecule has 1 rings (SSSR count). The molecule has 0 aromatic rings. The van der Waals surface area contributed by atoms with Gasteiger partial charge < -0.3 is 4.74 Å². The van der Waals surface area contributed by atoms with Crippen LogP contribution in [0.5, 0.6) is 0 Å². The predicted molar refractivity (Wildman–Crippen MR) is 48.2 cm³/mol. The van der Waals surface area contributed by atoms with Crippen molar-refractivity contribution in [1.82, 2.24) is 0 Å². The zero-order chi connectivity index (χ0) is 9.68. The van der Waals surface area contributed by atoms with Gasteiger partial charge in [0.05, 0.1) is 6.61 Å². The predicted octanol–water partition coefficient (Wildman–Crippen LogP) is 1.70. The Morgan fingerprint density at radius 2 is 2.08 bits per heavy atom. The average Bonchev–Trinajstić information content (AvgIpc) is 1.97. The van der Waals surface area contributed by atoms with Gasteiger partial charge in [0, 0.05) is 6.42 Å². The first-order valence-corrected chi connectivity index (χ1v) is 4.89. The second-order valence-corrected chi connectivity index (χ2v) is 3.52. The second kappa shape index (κ2) is 5.00. The van der Waals surface area contributed by atoms with E-state index in [1.54, 1.807) is 6.92 Å². The fourth-order valence-corrected chi connectivity index (χ4v) is 1.46. The number of ketones is 1. The van der Waals surface area contributed by atoms with Gasteiger partial charge in [-0.3, -0.25) is 9.59 Å². The lowest BCUT2D eigenvalue weighted by molar-refractivity contribution is -0.145. The lowest BCUT2D eigenvalue weighted by Crippen LogP contribution is -2.18. The van der Waals surface area contributed by atoms with Crippen molar-refractivity contribution in [3.8, 4) is 0 Å². The fourth-order valence-electron chi connectivity index (χ4n) is 1.46. The van der Waals surface area contributed by atoms with Gasteiger partial charge >= 0.3 is 5.97 Å². The summed E-state index contributed by atoms with van der Waals surface area (Å²) in [5.74, 6) is 0.192. The van der Waals surface area contributed by atoms with E-state index in [1.165, 1.54) is 6.42 Å². The maximum Gasteiger partial charge on any atom is 0.313 e. The quantitative estimate of drug-likeness (QED) is 0.482. The van der Waals surface area contributed by atoms with Gasteiger partial charge in [-0.1, -0.05) is 19.3 Å². The van der Waals surface area contributed by atoms with Crippen LogP contribution in [0.2, 0.25) is 0 Å². The fraction of sp³-hybridized carbons (Fsp3) is 0.800. The summed E-state index contributed by atoms with van der Waals surface area (Å²) in [4.78, 5) is 22.1. The van der Waals surface area contributed by atoms with Crippen molar-refractivity contribution in [2.75, 3.05) is 6.61 Å². The molecule has 0 atom stereocenters. The Hall–Kier alpha value is -0.860. The van der Waals surface area contributed by atoms with Crippen molar-refractivity contribution in [1.29, 1.82) is 0 Å². The third-order valence-corrected chi connectivity index (χ3v) is 2.39. The minimum absolute atomic E-state index is 0.0307. The molecule has 0 N–H and O–H groups in total. The number of hydrogen-bond donors (Lipinski definition) is 0. The van der Waals surface area contributed by atoms with Crippen LogP contribution in [0.1, 0.15) is 39.0 Å². The lowest BCUT2D eigenvalue weighted by atomic mass is 9.81. The summed E-state index contributed by atoms with van der Waals surface area (Å²) in [6.45, 7) is 2.10. The van der Waals surface area contributed by atoms with Crippen LogP contribution in [0.15, 0.2) is 0 Å². The maximum atomic E-state index is 11.2. The minimum atomic E-state index is -0.383. The molecule has 0 heterocycles. The van der Waals surface area contributed by atoms with Gasteiger partial charge in [0.1, 0.15) is 12.2 Å². The van der Waals surface area contributed by atoms with Crippen molar-refractivity contribution in [3.05, 3.63) is 0 Å². The first-order chi connectivity index (χ1) is 6.22. The normalized spacial score (nSPS) is 16.4. The van der Waals surface area contributed by atoms with Gasteiger partial charge in [0.25, 0.3) is 0 Å². The minimum Gasteiger partial charge on any atom is -0.466 e. The van der Waals surface area contributed by atoms with Crippen molar-refractivity contribution >= 4 is 11.8 Å². The Morgan fingerprint density at radius 1 is 1.38 bits per heavy atom. The van der Waals surface area contributed by atoms with Crippen molar-refractivity contribution in [3.63, 3.8) is 0 Å². The Balaban J connectivity index is 2.12. The molecule has 1 saturated carbocycles.